The van der Waals surface area contributed by atoms with Crippen LogP contribution in [0.15, 0.2) is 48.8 Å². The Labute approximate surface area is 233 Å². The lowest BCUT2D eigenvalue weighted by atomic mass is 9.73. The number of ether oxygens (including phenoxy) is 2. The summed E-state index contributed by atoms with van der Waals surface area (Å²) < 4.78 is 12.8. The van der Waals surface area contributed by atoms with Crippen molar-refractivity contribution in [1.82, 2.24) is 19.7 Å². The number of nitrogens with zero attached hydrogens (tertiary/aromatic N) is 4. The molecule has 1 N–H and O–H groups in total. The minimum atomic E-state index is -0.0450. The summed E-state index contributed by atoms with van der Waals surface area (Å²) in [7, 11) is 3.41. The van der Waals surface area contributed by atoms with Gasteiger partial charge in [-0.3, -0.25) is 14.3 Å². The topological polar surface area (TPSA) is 98.6 Å². The van der Waals surface area contributed by atoms with Gasteiger partial charge in [-0.25, -0.2) is 4.98 Å². The first-order chi connectivity index (χ1) is 19.5. The number of benzene rings is 2. The second-order valence-corrected chi connectivity index (χ2v) is 11.9. The van der Waals surface area contributed by atoms with Crippen LogP contribution in [0.25, 0.3) is 11.4 Å². The first-order valence-corrected chi connectivity index (χ1v) is 14.3. The van der Waals surface area contributed by atoms with E-state index in [1.54, 1.807) is 18.1 Å². The van der Waals surface area contributed by atoms with Gasteiger partial charge in [0.1, 0.15) is 6.33 Å². The zero-order valence-electron chi connectivity index (χ0n) is 23.0. The van der Waals surface area contributed by atoms with Crippen LogP contribution in [0.2, 0.25) is 0 Å². The van der Waals surface area contributed by atoms with E-state index in [2.05, 4.69) is 44.6 Å². The molecule has 9 nitrogen and oxygen atoms in total. The van der Waals surface area contributed by atoms with Crippen molar-refractivity contribution in [3.63, 3.8) is 0 Å². The van der Waals surface area contributed by atoms with Crippen LogP contribution in [0.3, 0.4) is 0 Å². The summed E-state index contributed by atoms with van der Waals surface area (Å²) in [4.78, 5) is 33.0. The van der Waals surface area contributed by atoms with Crippen molar-refractivity contribution in [1.29, 1.82) is 0 Å². The molecule has 2 amide bonds. The Bertz CT molecular complexity index is 1450. The Balaban J connectivity index is 1.05. The van der Waals surface area contributed by atoms with Crippen LogP contribution in [0.5, 0.6) is 5.75 Å². The van der Waals surface area contributed by atoms with Crippen molar-refractivity contribution >= 4 is 17.5 Å². The molecule has 2 saturated heterocycles. The molecule has 3 fully saturated rings. The van der Waals surface area contributed by atoms with Gasteiger partial charge in [-0.15, -0.1) is 0 Å². The fourth-order valence-electron chi connectivity index (χ4n) is 7.57. The molecule has 1 aromatic heterocycles. The van der Waals surface area contributed by atoms with E-state index in [9.17, 15) is 9.59 Å². The van der Waals surface area contributed by atoms with Crippen LogP contribution in [-0.2, 0) is 26.8 Å². The summed E-state index contributed by atoms with van der Waals surface area (Å²) in [5.41, 5.74) is 3.99. The van der Waals surface area contributed by atoms with E-state index in [4.69, 9.17) is 9.47 Å². The normalized spacial score (nSPS) is 25.9. The smallest absolute Gasteiger partial charge is 0.226 e. The van der Waals surface area contributed by atoms with Gasteiger partial charge in [-0.05, 0) is 65.7 Å². The molecule has 4 aliphatic rings. The largest absolute Gasteiger partial charge is 0.494 e. The number of amides is 2. The van der Waals surface area contributed by atoms with Crippen LogP contribution in [-0.4, -0.2) is 64.9 Å². The van der Waals surface area contributed by atoms with E-state index >= 15 is 0 Å². The summed E-state index contributed by atoms with van der Waals surface area (Å²) in [6.07, 6.45) is 4.85. The minimum Gasteiger partial charge on any atom is -0.494 e. The molecular weight excluding hydrogens is 506 g/mol. The lowest BCUT2D eigenvalue weighted by molar-refractivity contribution is -0.135. The number of likely N-dealkylation sites (tertiary alicyclic amines) is 1. The molecule has 0 radical (unpaired) electrons. The van der Waals surface area contributed by atoms with E-state index in [1.165, 1.54) is 11.1 Å². The van der Waals surface area contributed by atoms with Gasteiger partial charge in [0.2, 0.25) is 11.8 Å². The Kier molecular flexibility index (Phi) is 6.14. The van der Waals surface area contributed by atoms with E-state index in [1.807, 2.05) is 25.2 Å². The van der Waals surface area contributed by atoms with Crippen LogP contribution >= 0.6 is 0 Å². The molecular formula is C31H35N5O4. The van der Waals surface area contributed by atoms with Crippen molar-refractivity contribution in [2.24, 2.45) is 24.8 Å². The molecule has 2 unspecified atom stereocenters. The third-order valence-corrected chi connectivity index (χ3v) is 9.64. The van der Waals surface area contributed by atoms with E-state index < -0.39 is 0 Å². The molecule has 40 heavy (non-hydrogen) atoms. The minimum absolute atomic E-state index is 0.0170. The standard InChI is InChI=1S/C31H35N5O4/c1-35-18-32-29(34-35)21-7-5-9-25(28(21)39-2)33-26(37)14-19-15-31(24-8-4-3-6-20(19)24)10-12-36(13-11-31)30(38)27-22-16-40-17-23(22)27/h3-9,18-19,22-23,27H,10-17H2,1-2H3,(H,33,37)/t19?,22-,23+,27?. The highest BCUT2D eigenvalue weighted by Crippen LogP contribution is 2.55. The van der Waals surface area contributed by atoms with Gasteiger partial charge < -0.3 is 19.7 Å². The monoisotopic (exact) mass is 541 g/mol. The number of carbonyl (C=O) groups is 2. The van der Waals surface area contributed by atoms with Crippen LogP contribution in [0, 0.1) is 17.8 Å². The number of fused-ring (bicyclic) bond motifs is 3. The number of hydrogen-bond acceptors (Lipinski definition) is 6. The van der Waals surface area contributed by atoms with Crippen LogP contribution < -0.4 is 10.1 Å². The summed E-state index contributed by atoms with van der Waals surface area (Å²) in [6.45, 7) is 3.06. The maximum atomic E-state index is 13.4. The van der Waals surface area contributed by atoms with E-state index in [-0.39, 0.29) is 23.2 Å². The Hall–Kier alpha value is -3.72. The number of piperidine rings is 1. The average molecular weight is 542 g/mol. The highest BCUT2D eigenvalue weighted by atomic mass is 16.5. The Morgan fingerprint density at radius 1 is 1.10 bits per heavy atom. The van der Waals surface area contributed by atoms with Crippen molar-refractivity contribution in [3.8, 4) is 17.1 Å². The number of hydrogen-bond donors (Lipinski definition) is 1. The summed E-state index contributed by atoms with van der Waals surface area (Å²) in [5.74, 6) is 2.57. The quantitative estimate of drug-likeness (QED) is 0.510. The first kappa shape index (κ1) is 25.3. The molecule has 2 aromatic carbocycles. The molecule has 3 aromatic rings. The molecule has 1 spiro atoms. The molecule has 7 rings (SSSR count). The molecule has 3 heterocycles. The summed E-state index contributed by atoms with van der Waals surface area (Å²) in [5, 5.41) is 7.49. The molecule has 0 bridgehead atoms. The predicted molar refractivity (Wildman–Crippen MR) is 149 cm³/mol. The number of para-hydroxylation sites is 1. The second-order valence-electron chi connectivity index (χ2n) is 11.9. The highest BCUT2D eigenvalue weighted by molar-refractivity contribution is 5.94. The van der Waals surface area contributed by atoms with E-state index in [0.717, 1.165) is 51.1 Å². The van der Waals surface area contributed by atoms with Gasteiger partial charge in [0.25, 0.3) is 0 Å². The Morgan fingerprint density at radius 3 is 2.60 bits per heavy atom. The number of rotatable bonds is 6. The molecule has 1 saturated carbocycles. The van der Waals surface area contributed by atoms with Gasteiger partial charge in [0, 0.05) is 32.5 Å². The molecule has 4 atom stereocenters. The third-order valence-electron chi connectivity index (χ3n) is 9.64. The van der Waals surface area contributed by atoms with Crippen LogP contribution in [0.1, 0.15) is 42.7 Å². The maximum absolute atomic E-state index is 13.4. The van der Waals surface area contributed by atoms with Gasteiger partial charge in [-0.2, -0.15) is 5.10 Å². The Morgan fingerprint density at radius 2 is 1.88 bits per heavy atom. The maximum Gasteiger partial charge on any atom is 0.226 e. The second kappa shape index (κ2) is 9.73. The van der Waals surface area contributed by atoms with Crippen molar-refractivity contribution in [2.45, 2.75) is 37.0 Å². The van der Waals surface area contributed by atoms with Gasteiger partial charge in [0.15, 0.2) is 11.6 Å². The fraction of sp³-hybridized carbons (Fsp3) is 0.484. The highest BCUT2D eigenvalue weighted by Gasteiger charge is 2.59. The van der Waals surface area contributed by atoms with Crippen LogP contribution in [0.4, 0.5) is 5.69 Å². The van der Waals surface area contributed by atoms with E-state index in [0.29, 0.717) is 41.4 Å². The zero-order chi connectivity index (χ0) is 27.4. The number of methoxy groups -OCH3 is 1. The summed E-state index contributed by atoms with van der Waals surface area (Å²) >= 11 is 0. The first-order valence-electron chi connectivity index (χ1n) is 14.3. The lowest BCUT2D eigenvalue weighted by Gasteiger charge is -2.40. The summed E-state index contributed by atoms with van der Waals surface area (Å²) in [6, 6.07) is 14.2. The predicted octanol–water partition coefficient (Wildman–Crippen LogP) is 3.76. The van der Waals surface area contributed by atoms with Gasteiger partial charge in [-0.1, -0.05) is 30.3 Å². The van der Waals surface area contributed by atoms with Crippen molar-refractivity contribution in [2.75, 3.05) is 38.7 Å². The van der Waals surface area contributed by atoms with Gasteiger partial charge in [0.05, 0.1) is 31.6 Å². The zero-order valence-corrected chi connectivity index (χ0v) is 23.0. The van der Waals surface area contributed by atoms with Crippen molar-refractivity contribution < 1.29 is 19.1 Å². The SMILES string of the molecule is COc1c(NC(=O)CC2CC3(CCN(C(=O)C4[C@H]5COC[C@@H]45)CC3)c3ccccc32)cccc1-c1ncn(C)n1. The average Bonchev–Trinajstić information content (AvgIpc) is 3.29. The number of nitrogens with one attached hydrogen (secondary N) is 1. The molecule has 208 valence electrons. The third kappa shape index (κ3) is 4.18. The lowest BCUT2D eigenvalue weighted by Crippen LogP contribution is -2.45. The molecule has 9 heteroatoms. The number of aryl methyl sites for hydroxylation is 1. The van der Waals surface area contributed by atoms with Gasteiger partial charge >= 0.3 is 0 Å². The number of anilines is 1. The van der Waals surface area contributed by atoms with Crippen molar-refractivity contribution in [3.05, 3.63) is 59.9 Å². The number of aromatic nitrogens is 3. The number of carbonyl (C=O) groups excluding carboxylic acids is 2. The fourth-order valence-corrected chi connectivity index (χ4v) is 7.57. The molecule has 2 aliphatic heterocycles. The molecule has 2 aliphatic carbocycles.